The van der Waals surface area contributed by atoms with Crippen molar-refractivity contribution in [2.45, 2.75) is 24.7 Å². The van der Waals surface area contributed by atoms with E-state index < -0.39 is 58.9 Å². The van der Waals surface area contributed by atoms with E-state index >= 15 is 0 Å². The van der Waals surface area contributed by atoms with E-state index in [0.717, 1.165) is 0 Å². The first-order valence-corrected chi connectivity index (χ1v) is 5.72. The summed E-state index contributed by atoms with van der Waals surface area (Å²) in [5.41, 5.74) is -3.23. The van der Waals surface area contributed by atoms with Gasteiger partial charge in [-0.3, -0.25) is 9.59 Å². The zero-order valence-electron chi connectivity index (χ0n) is 11.0. The second-order valence-electron chi connectivity index (χ2n) is 4.39. The Labute approximate surface area is 127 Å². The topological polar surface area (TPSA) is 74.6 Å². The van der Waals surface area contributed by atoms with Crippen LogP contribution in [0.4, 0.5) is 35.1 Å². The summed E-state index contributed by atoms with van der Waals surface area (Å²) in [5.74, 6) is -19.3. The normalized spacial score (nSPS) is 12.8. The molecule has 2 N–H and O–H groups in total. The van der Waals surface area contributed by atoms with E-state index in [-0.39, 0.29) is 12.1 Å². The predicted octanol–water partition coefficient (Wildman–Crippen LogP) is 3.26. The van der Waals surface area contributed by atoms with Crippen molar-refractivity contribution in [2.24, 2.45) is 0 Å². The van der Waals surface area contributed by atoms with E-state index in [1.54, 1.807) is 0 Å². The van der Waals surface area contributed by atoms with Crippen molar-refractivity contribution >= 4 is 11.6 Å². The monoisotopic (exact) mass is 366 g/mol. The van der Waals surface area contributed by atoms with Crippen LogP contribution < -0.4 is 0 Å². The lowest BCUT2D eigenvalue weighted by Gasteiger charge is -2.17. The van der Waals surface area contributed by atoms with Crippen LogP contribution in [0.5, 0.6) is 11.5 Å². The first-order chi connectivity index (χ1) is 10.7. The van der Waals surface area contributed by atoms with Gasteiger partial charge in [0, 0.05) is 0 Å². The lowest BCUT2D eigenvalue weighted by Crippen LogP contribution is -2.37. The predicted molar refractivity (Wildman–Crippen MR) is 60.3 cm³/mol. The minimum Gasteiger partial charge on any atom is -0.507 e. The highest BCUT2D eigenvalue weighted by atomic mass is 19.3. The summed E-state index contributed by atoms with van der Waals surface area (Å²) in [6.07, 6.45) is -8.98. The maximum absolute atomic E-state index is 12.9. The van der Waals surface area contributed by atoms with Gasteiger partial charge in [-0.05, 0) is 12.1 Å². The summed E-state index contributed by atoms with van der Waals surface area (Å²) >= 11 is 0. The van der Waals surface area contributed by atoms with E-state index in [0.29, 0.717) is 0 Å². The highest BCUT2D eigenvalue weighted by Gasteiger charge is 2.52. The van der Waals surface area contributed by atoms with Crippen molar-refractivity contribution < 1.29 is 54.9 Å². The number of benzene rings is 1. The highest BCUT2D eigenvalue weighted by Crippen LogP contribution is 2.37. The number of hydrogen-bond donors (Lipinski definition) is 2. The Hall–Kier alpha value is -2.40. The summed E-state index contributed by atoms with van der Waals surface area (Å²) < 4.78 is 100.0. The number of aromatic hydroxyl groups is 2. The molecule has 0 unspecified atom stereocenters. The number of ketones is 2. The van der Waals surface area contributed by atoms with Crippen LogP contribution in [0.3, 0.4) is 0 Å². The van der Waals surface area contributed by atoms with Gasteiger partial charge in [-0.25, -0.2) is 17.6 Å². The molecule has 1 aromatic carbocycles. The first-order valence-electron chi connectivity index (χ1n) is 5.72. The van der Waals surface area contributed by atoms with Crippen molar-refractivity contribution in [1.82, 2.24) is 0 Å². The number of carbonyl (C=O) groups excluding carboxylic acids is 2. The molecule has 134 valence electrons. The largest absolute Gasteiger partial charge is 0.507 e. The Morgan fingerprint density at radius 1 is 0.750 bits per heavy atom. The van der Waals surface area contributed by atoms with E-state index in [2.05, 4.69) is 0 Å². The van der Waals surface area contributed by atoms with E-state index in [9.17, 15) is 54.9 Å². The minimum absolute atomic E-state index is 0.178. The minimum atomic E-state index is -5.29. The molecule has 24 heavy (non-hydrogen) atoms. The summed E-state index contributed by atoms with van der Waals surface area (Å²) in [4.78, 5) is 22.4. The molecule has 0 amide bonds. The molecular formula is C12H6F8O4. The number of alkyl halides is 8. The third kappa shape index (κ3) is 3.26. The number of halogens is 8. The summed E-state index contributed by atoms with van der Waals surface area (Å²) in [6, 6.07) is -0.356. The highest BCUT2D eigenvalue weighted by molar-refractivity contribution is 6.08. The van der Waals surface area contributed by atoms with Crippen LogP contribution >= 0.6 is 0 Å². The molecule has 0 saturated carbocycles. The molecule has 0 aliphatic rings. The molecule has 0 spiro atoms. The number of hydrogen-bond acceptors (Lipinski definition) is 4. The fourth-order valence-corrected chi connectivity index (χ4v) is 1.50. The third-order valence-electron chi connectivity index (χ3n) is 2.76. The van der Waals surface area contributed by atoms with Crippen molar-refractivity contribution in [1.29, 1.82) is 0 Å². The molecule has 0 saturated heterocycles. The Morgan fingerprint density at radius 3 is 1.21 bits per heavy atom. The van der Waals surface area contributed by atoms with Gasteiger partial charge in [-0.15, -0.1) is 0 Å². The number of phenols is 2. The van der Waals surface area contributed by atoms with E-state index in [4.69, 9.17) is 0 Å². The summed E-state index contributed by atoms with van der Waals surface area (Å²) in [6.45, 7) is 0. The van der Waals surface area contributed by atoms with E-state index in [1.807, 2.05) is 0 Å². The zero-order valence-corrected chi connectivity index (χ0v) is 11.0. The van der Waals surface area contributed by atoms with Gasteiger partial charge < -0.3 is 10.2 Å². The standard InChI is InChI=1S/C12H6F8O4/c13-9(14)11(17,18)7(23)3-1-5(21)4(2-6(3)22)8(24)12(19,20)10(15)16/h1-2,9-10,21-22H. The SMILES string of the molecule is O=C(c1cc(O)c(C(=O)C(F)(F)C(F)F)cc1O)C(F)(F)C(F)F. The summed E-state index contributed by atoms with van der Waals surface area (Å²) in [5, 5.41) is 18.6. The zero-order chi connectivity index (χ0) is 19.0. The van der Waals surface area contributed by atoms with Crippen LogP contribution in [0.2, 0.25) is 0 Å². The van der Waals surface area contributed by atoms with E-state index in [1.165, 1.54) is 0 Å². The Kier molecular flexibility index (Phi) is 5.11. The van der Waals surface area contributed by atoms with Crippen molar-refractivity contribution in [3.05, 3.63) is 23.3 Å². The van der Waals surface area contributed by atoms with Gasteiger partial charge in [0.2, 0.25) is 11.6 Å². The number of phenolic OH excluding ortho intramolecular Hbond substituents is 2. The van der Waals surface area contributed by atoms with Gasteiger partial charge in [0.15, 0.2) is 0 Å². The number of rotatable bonds is 6. The second kappa shape index (κ2) is 6.24. The van der Waals surface area contributed by atoms with Crippen LogP contribution in [-0.4, -0.2) is 46.5 Å². The average Bonchev–Trinajstić information content (AvgIpc) is 2.47. The molecule has 0 atom stereocenters. The van der Waals surface area contributed by atoms with Gasteiger partial charge in [-0.1, -0.05) is 0 Å². The Morgan fingerprint density at radius 2 is 1.00 bits per heavy atom. The van der Waals surface area contributed by atoms with Crippen LogP contribution in [0.15, 0.2) is 12.1 Å². The molecule has 0 aromatic heterocycles. The smallest absolute Gasteiger partial charge is 0.369 e. The molecule has 12 heteroatoms. The van der Waals surface area contributed by atoms with Crippen LogP contribution in [0, 0.1) is 0 Å². The molecule has 0 aliphatic heterocycles. The van der Waals surface area contributed by atoms with Crippen molar-refractivity contribution in [3.8, 4) is 11.5 Å². The number of carbonyl (C=O) groups is 2. The van der Waals surface area contributed by atoms with Crippen LogP contribution in [0.1, 0.15) is 20.7 Å². The molecule has 0 fully saturated rings. The lowest BCUT2D eigenvalue weighted by atomic mass is 9.98. The molecule has 1 rings (SSSR count). The van der Waals surface area contributed by atoms with Gasteiger partial charge in [0.05, 0.1) is 11.1 Å². The Bertz CT molecular complexity index is 614. The molecule has 0 heterocycles. The maximum Gasteiger partial charge on any atom is 0.369 e. The van der Waals surface area contributed by atoms with Gasteiger partial charge >= 0.3 is 24.7 Å². The molecule has 1 aromatic rings. The maximum atomic E-state index is 12.9. The molecular weight excluding hydrogens is 360 g/mol. The fourth-order valence-electron chi connectivity index (χ4n) is 1.50. The Balaban J connectivity index is 3.39. The first kappa shape index (κ1) is 19.6. The second-order valence-corrected chi connectivity index (χ2v) is 4.39. The quantitative estimate of drug-likeness (QED) is 0.461. The van der Waals surface area contributed by atoms with Crippen molar-refractivity contribution in [3.63, 3.8) is 0 Å². The molecule has 4 nitrogen and oxygen atoms in total. The third-order valence-corrected chi connectivity index (χ3v) is 2.76. The lowest BCUT2D eigenvalue weighted by molar-refractivity contribution is -0.0961. The van der Waals surface area contributed by atoms with Crippen molar-refractivity contribution in [2.75, 3.05) is 0 Å². The van der Waals surface area contributed by atoms with Gasteiger partial charge in [0.1, 0.15) is 11.5 Å². The average molecular weight is 366 g/mol. The van der Waals surface area contributed by atoms with Crippen LogP contribution in [0.25, 0.3) is 0 Å². The molecule has 0 bridgehead atoms. The number of Topliss-reactive ketones (excluding diaryl/α,β-unsaturated/α-hetero) is 2. The van der Waals surface area contributed by atoms with Crippen LogP contribution in [-0.2, 0) is 0 Å². The van der Waals surface area contributed by atoms with Gasteiger partial charge in [0.25, 0.3) is 0 Å². The summed E-state index contributed by atoms with van der Waals surface area (Å²) in [7, 11) is 0. The van der Waals surface area contributed by atoms with Gasteiger partial charge in [-0.2, -0.15) is 17.6 Å². The fraction of sp³-hybridized carbons (Fsp3) is 0.333. The molecule has 0 radical (unpaired) electrons. The molecule has 0 aliphatic carbocycles.